The van der Waals surface area contributed by atoms with Gasteiger partial charge in [-0.05, 0) is 24.5 Å². The standard InChI is InChI=1S/C17H18N2O/c20-17(19-12-6-7-13-19)18-16-11-5-4-10-15(16)14-8-2-1-3-9-14/h1-5,8-11H,6-7,12-13H2,(H,18,20). The topological polar surface area (TPSA) is 32.3 Å². The Kier molecular flexibility index (Phi) is 3.68. The van der Waals surface area contributed by atoms with E-state index in [-0.39, 0.29) is 6.03 Å². The molecule has 1 fully saturated rings. The van der Waals surface area contributed by atoms with Gasteiger partial charge in [-0.25, -0.2) is 4.79 Å². The molecule has 0 bridgehead atoms. The number of rotatable bonds is 2. The van der Waals surface area contributed by atoms with Crippen LogP contribution in [0.15, 0.2) is 54.6 Å². The zero-order valence-electron chi connectivity index (χ0n) is 11.4. The lowest BCUT2D eigenvalue weighted by molar-refractivity contribution is 0.222. The summed E-state index contributed by atoms with van der Waals surface area (Å²) in [6.45, 7) is 1.72. The molecule has 1 N–H and O–H groups in total. The maximum atomic E-state index is 12.2. The van der Waals surface area contributed by atoms with Crippen LogP contribution in [0.4, 0.5) is 10.5 Å². The molecular formula is C17H18N2O. The third kappa shape index (κ3) is 2.67. The van der Waals surface area contributed by atoms with Crippen LogP contribution in [0.25, 0.3) is 11.1 Å². The largest absolute Gasteiger partial charge is 0.325 e. The predicted octanol–water partition coefficient (Wildman–Crippen LogP) is 3.98. The molecule has 20 heavy (non-hydrogen) atoms. The minimum absolute atomic E-state index is 0.00545. The van der Waals surface area contributed by atoms with Gasteiger partial charge in [0.05, 0.1) is 5.69 Å². The molecule has 3 heteroatoms. The summed E-state index contributed by atoms with van der Waals surface area (Å²) in [6, 6.07) is 18.1. The molecule has 0 radical (unpaired) electrons. The number of para-hydroxylation sites is 1. The van der Waals surface area contributed by atoms with E-state index in [9.17, 15) is 4.79 Å². The Morgan fingerprint density at radius 2 is 1.55 bits per heavy atom. The number of hydrogen-bond donors (Lipinski definition) is 1. The van der Waals surface area contributed by atoms with Crippen LogP contribution < -0.4 is 5.32 Å². The minimum atomic E-state index is 0.00545. The summed E-state index contributed by atoms with van der Waals surface area (Å²) in [5.41, 5.74) is 3.04. The van der Waals surface area contributed by atoms with E-state index in [1.54, 1.807) is 0 Å². The van der Waals surface area contributed by atoms with E-state index in [1.807, 2.05) is 47.4 Å². The van der Waals surface area contributed by atoms with Gasteiger partial charge >= 0.3 is 6.03 Å². The van der Waals surface area contributed by atoms with Crippen molar-refractivity contribution in [2.45, 2.75) is 12.8 Å². The quantitative estimate of drug-likeness (QED) is 0.876. The highest BCUT2D eigenvalue weighted by atomic mass is 16.2. The van der Waals surface area contributed by atoms with E-state index in [4.69, 9.17) is 0 Å². The summed E-state index contributed by atoms with van der Waals surface area (Å²) in [5, 5.41) is 3.04. The monoisotopic (exact) mass is 266 g/mol. The van der Waals surface area contributed by atoms with Crippen molar-refractivity contribution in [3.63, 3.8) is 0 Å². The van der Waals surface area contributed by atoms with Gasteiger partial charge in [0.2, 0.25) is 0 Å². The van der Waals surface area contributed by atoms with Crippen LogP contribution in [-0.2, 0) is 0 Å². The van der Waals surface area contributed by atoms with Crippen LogP contribution in [0, 0.1) is 0 Å². The van der Waals surface area contributed by atoms with Gasteiger partial charge in [-0.3, -0.25) is 0 Å². The first kappa shape index (κ1) is 12.7. The van der Waals surface area contributed by atoms with E-state index < -0.39 is 0 Å². The second kappa shape index (κ2) is 5.78. The Bertz CT molecular complexity index is 589. The van der Waals surface area contributed by atoms with Crippen molar-refractivity contribution in [3.05, 3.63) is 54.6 Å². The number of urea groups is 1. The summed E-state index contributed by atoms with van der Waals surface area (Å²) in [6.07, 6.45) is 2.21. The van der Waals surface area contributed by atoms with E-state index in [0.717, 1.165) is 42.7 Å². The molecule has 102 valence electrons. The number of benzene rings is 2. The predicted molar refractivity (Wildman–Crippen MR) is 81.7 cm³/mol. The third-order valence-corrected chi connectivity index (χ3v) is 3.65. The second-order valence-electron chi connectivity index (χ2n) is 5.04. The molecule has 0 aromatic heterocycles. The average Bonchev–Trinajstić information content (AvgIpc) is 3.03. The number of nitrogens with zero attached hydrogens (tertiary/aromatic N) is 1. The molecule has 0 unspecified atom stereocenters. The fourth-order valence-electron chi connectivity index (χ4n) is 2.58. The first-order valence-electron chi connectivity index (χ1n) is 7.05. The lowest BCUT2D eigenvalue weighted by atomic mass is 10.0. The molecule has 0 saturated carbocycles. The summed E-state index contributed by atoms with van der Waals surface area (Å²) in [5.74, 6) is 0. The maximum Gasteiger partial charge on any atom is 0.321 e. The van der Waals surface area contributed by atoms with Gasteiger partial charge in [0.15, 0.2) is 0 Å². The highest BCUT2D eigenvalue weighted by Gasteiger charge is 2.18. The zero-order valence-corrected chi connectivity index (χ0v) is 11.4. The van der Waals surface area contributed by atoms with Crippen LogP contribution in [-0.4, -0.2) is 24.0 Å². The third-order valence-electron chi connectivity index (χ3n) is 3.65. The summed E-state index contributed by atoms with van der Waals surface area (Å²) in [7, 11) is 0. The minimum Gasteiger partial charge on any atom is -0.325 e. The number of carbonyl (C=O) groups excluding carboxylic acids is 1. The Labute approximate surface area is 119 Å². The molecule has 2 amide bonds. The van der Waals surface area contributed by atoms with E-state index in [0.29, 0.717) is 0 Å². The van der Waals surface area contributed by atoms with Crippen molar-refractivity contribution in [1.82, 2.24) is 4.90 Å². The average molecular weight is 266 g/mol. The number of likely N-dealkylation sites (tertiary alicyclic amines) is 1. The van der Waals surface area contributed by atoms with Crippen LogP contribution >= 0.6 is 0 Å². The molecule has 0 aliphatic carbocycles. The Morgan fingerprint density at radius 3 is 2.30 bits per heavy atom. The Morgan fingerprint density at radius 1 is 0.900 bits per heavy atom. The van der Waals surface area contributed by atoms with Gasteiger partial charge in [0, 0.05) is 18.7 Å². The second-order valence-corrected chi connectivity index (χ2v) is 5.04. The van der Waals surface area contributed by atoms with Crippen LogP contribution in [0.3, 0.4) is 0 Å². The smallest absolute Gasteiger partial charge is 0.321 e. The van der Waals surface area contributed by atoms with Gasteiger partial charge in [0.25, 0.3) is 0 Å². The van der Waals surface area contributed by atoms with Gasteiger partial charge in [0.1, 0.15) is 0 Å². The highest BCUT2D eigenvalue weighted by Crippen LogP contribution is 2.27. The van der Waals surface area contributed by atoms with E-state index >= 15 is 0 Å². The van der Waals surface area contributed by atoms with E-state index in [1.165, 1.54) is 0 Å². The molecule has 3 rings (SSSR count). The number of carbonyl (C=O) groups is 1. The molecular weight excluding hydrogens is 248 g/mol. The fourth-order valence-corrected chi connectivity index (χ4v) is 2.58. The van der Waals surface area contributed by atoms with Crippen molar-refractivity contribution < 1.29 is 4.79 Å². The van der Waals surface area contributed by atoms with Crippen LogP contribution in [0.5, 0.6) is 0 Å². The van der Waals surface area contributed by atoms with Crippen molar-refractivity contribution in [2.24, 2.45) is 0 Å². The van der Waals surface area contributed by atoms with Crippen molar-refractivity contribution >= 4 is 11.7 Å². The number of anilines is 1. The number of nitrogens with one attached hydrogen (secondary N) is 1. The molecule has 1 aliphatic rings. The lowest BCUT2D eigenvalue weighted by Crippen LogP contribution is -2.32. The normalized spacial score (nSPS) is 14.3. The SMILES string of the molecule is O=C(Nc1ccccc1-c1ccccc1)N1CCCC1. The van der Waals surface area contributed by atoms with Gasteiger partial charge in [-0.1, -0.05) is 48.5 Å². The van der Waals surface area contributed by atoms with Gasteiger partial charge in [-0.15, -0.1) is 0 Å². The number of hydrogen-bond acceptors (Lipinski definition) is 1. The Balaban J connectivity index is 1.85. The molecule has 2 aromatic rings. The molecule has 3 nitrogen and oxygen atoms in total. The Hall–Kier alpha value is -2.29. The summed E-state index contributed by atoms with van der Waals surface area (Å²) in [4.78, 5) is 14.1. The van der Waals surface area contributed by atoms with Crippen LogP contribution in [0.2, 0.25) is 0 Å². The molecule has 1 heterocycles. The molecule has 1 saturated heterocycles. The van der Waals surface area contributed by atoms with Crippen LogP contribution in [0.1, 0.15) is 12.8 Å². The zero-order chi connectivity index (χ0) is 13.8. The summed E-state index contributed by atoms with van der Waals surface area (Å²) < 4.78 is 0. The fraction of sp³-hybridized carbons (Fsp3) is 0.235. The number of amides is 2. The molecule has 2 aromatic carbocycles. The summed E-state index contributed by atoms with van der Waals surface area (Å²) >= 11 is 0. The van der Waals surface area contributed by atoms with E-state index in [2.05, 4.69) is 17.4 Å². The van der Waals surface area contributed by atoms with Crippen molar-refractivity contribution in [3.8, 4) is 11.1 Å². The first-order valence-corrected chi connectivity index (χ1v) is 7.05. The molecule has 1 aliphatic heterocycles. The first-order chi connectivity index (χ1) is 9.84. The molecule has 0 atom stereocenters. The van der Waals surface area contributed by atoms with Gasteiger partial charge in [-0.2, -0.15) is 0 Å². The molecule has 0 spiro atoms. The van der Waals surface area contributed by atoms with Gasteiger partial charge < -0.3 is 10.2 Å². The lowest BCUT2D eigenvalue weighted by Gasteiger charge is -2.18. The van der Waals surface area contributed by atoms with Crippen molar-refractivity contribution in [2.75, 3.05) is 18.4 Å². The van der Waals surface area contributed by atoms with Crippen molar-refractivity contribution in [1.29, 1.82) is 0 Å². The maximum absolute atomic E-state index is 12.2. The highest BCUT2D eigenvalue weighted by molar-refractivity contribution is 5.94.